The first-order valence-corrected chi connectivity index (χ1v) is 12.6. The normalized spacial score (nSPS) is 14.1. The molecule has 0 bridgehead atoms. The summed E-state index contributed by atoms with van der Waals surface area (Å²) < 4.78 is 0. The van der Waals surface area contributed by atoms with Gasteiger partial charge in [0.1, 0.15) is 0 Å². The maximum Gasteiger partial charge on any atom is 0.0550 e. The predicted octanol–water partition coefficient (Wildman–Crippen LogP) is 6.50. The SMILES string of the molecule is C(C=Cc1ccccc1)=Cc1ccccc1.[Ti].c1ccc([SiH2]CC2CCCC2)cc1. The van der Waals surface area contributed by atoms with Gasteiger partial charge in [0.05, 0.1) is 9.52 Å². The Bertz CT molecular complexity index is 803. The Balaban J connectivity index is 0.000000211. The van der Waals surface area contributed by atoms with E-state index in [0.717, 1.165) is 5.92 Å². The van der Waals surface area contributed by atoms with Gasteiger partial charge < -0.3 is 0 Å². The molecule has 0 spiro atoms. The summed E-state index contributed by atoms with van der Waals surface area (Å²) in [5.41, 5.74) is 2.44. The smallest absolute Gasteiger partial charge is 0.0550 e. The fourth-order valence-electron chi connectivity index (χ4n) is 3.78. The molecule has 1 aliphatic rings. The van der Waals surface area contributed by atoms with Crippen molar-refractivity contribution in [2.45, 2.75) is 31.7 Å². The van der Waals surface area contributed by atoms with Crippen molar-refractivity contribution < 1.29 is 21.7 Å². The molecule has 1 fully saturated rings. The van der Waals surface area contributed by atoms with E-state index in [1.165, 1.54) is 36.8 Å². The first kappa shape index (κ1) is 24.3. The van der Waals surface area contributed by atoms with Gasteiger partial charge in [-0.3, -0.25) is 0 Å². The molecule has 0 heterocycles. The van der Waals surface area contributed by atoms with Crippen molar-refractivity contribution in [3.8, 4) is 0 Å². The molecule has 0 unspecified atom stereocenters. The van der Waals surface area contributed by atoms with E-state index in [4.69, 9.17) is 0 Å². The summed E-state index contributed by atoms with van der Waals surface area (Å²) >= 11 is 0. The van der Waals surface area contributed by atoms with E-state index in [0.29, 0.717) is 0 Å². The zero-order valence-corrected chi connectivity index (χ0v) is 20.8. The summed E-state index contributed by atoms with van der Waals surface area (Å²) in [6.07, 6.45) is 14.3. The van der Waals surface area contributed by atoms with Gasteiger partial charge in [0.25, 0.3) is 0 Å². The second-order valence-corrected chi connectivity index (χ2v) is 9.61. The van der Waals surface area contributed by atoms with Crippen LogP contribution in [-0.4, -0.2) is 9.52 Å². The molecule has 30 heavy (non-hydrogen) atoms. The average molecular weight is 445 g/mol. The predicted molar refractivity (Wildman–Crippen MR) is 132 cm³/mol. The molecule has 3 aromatic rings. The first-order valence-electron chi connectivity index (χ1n) is 10.9. The summed E-state index contributed by atoms with van der Waals surface area (Å²) in [6, 6.07) is 33.2. The van der Waals surface area contributed by atoms with Gasteiger partial charge in [-0.05, 0) is 17.0 Å². The van der Waals surface area contributed by atoms with Gasteiger partial charge in [0.2, 0.25) is 0 Å². The molecule has 3 aromatic carbocycles. The van der Waals surface area contributed by atoms with E-state index in [9.17, 15) is 0 Å². The summed E-state index contributed by atoms with van der Waals surface area (Å²) in [4.78, 5) is 0. The molecule has 2 heteroatoms. The van der Waals surface area contributed by atoms with Crippen molar-refractivity contribution in [3.05, 3.63) is 114 Å². The number of allylic oxidation sites excluding steroid dienone is 2. The van der Waals surface area contributed by atoms with E-state index >= 15 is 0 Å². The Morgan fingerprint density at radius 2 is 1.07 bits per heavy atom. The van der Waals surface area contributed by atoms with Crippen LogP contribution in [0.25, 0.3) is 12.2 Å². The third-order valence-electron chi connectivity index (χ3n) is 5.45. The van der Waals surface area contributed by atoms with Crippen molar-refractivity contribution in [1.82, 2.24) is 0 Å². The minimum absolute atomic E-state index is 0. The second kappa shape index (κ2) is 15.0. The van der Waals surface area contributed by atoms with Crippen LogP contribution in [0.4, 0.5) is 0 Å². The molecule has 0 aliphatic heterocycles. The third kappa shape index (κ3) is 9.71. The maximum absolute atomic E-state index is 2.31. The number of hydrogen-bond donors (Lipinski definition) is 0. The van der Waals surface area contributed by atoms with Crippen LogP contribution in [0.3, 0.4) is 0 Å². The Kier molecular flexibility index (Phi) is 12.1. The van der Waals surface area contributed by atoms with Crippen molar-refractivity contribution in [3.63, 3.8) is 0 Å². The first-order chi connectivity index (χ1) is 14.4. The van der Waals surface area contributed by atoms with Gasteiger partial charge in [-0.1, -0.05) is 152 Å². The average Bonchev–Trinajstić information content (AvgIpc) is 3.32. The molecular formula is C28H32SiTi. The van der Waals surface area contributed by atoms with Crippen LogP contribution >= 0.6 is 0 Å². The van der Waals surface area contributed by atoms with E-state index < -0.39 is 0 Å². The number of rotatable bonds is 6. The van der Waals surface area contributed by atoms with Crippen LogP contribution in [-0.2, 0) is 21.7 Å². The summed E-state index contributed by atoms with van der Waals surface area (Å²) in [6.45, 7) is 0. The molecule has 0 atom stereocenters. The summed E-state index contributed by atoms with van der Waals surface area (Å²) in [7, 11) is 0.0592. The zero-order chi connectivity index (χ0) is 20.0. The van der Waals surface area contributed by atoms with Crippen molar-refractivity contribution in [2.24, 2.45) is 5.92 Å². The molecule has 1 aliphatic carbocycles. The zero-order valence-electron chi connectivity index (χ0n) is 17.8. The topological polar surface area (TPSA) is 0 Å². The summed E-state index contributed by atoms with van der Waals surface area (Å²) in [5.74, 6) is 1.09. The van der Waals surface area contributed by atoms with Crippen LogP contribution in [0.5, 0.6) is 0 Å². The van der Waals surface area contributed by atoms with Crippen LogP contribution in [0.1, 0.15) is 36.8 Å². The molecule has 0 aromatic heterocycles. The van der Waals surface area contributed by atoms with E-state index in [-0.39, 0.29) is 31.2 Å². The molecule has 0 nitrogen and oxygen atoms in total. The van der Waals surface area contributed by atoms with Crippen molar-refractivity contribution in [1.29, 1.82) is 0 Å². The Labute approximate surface area is 199 Å². The largest absolute Gasteiger partial charge is 0.0669 e. The molecule has 1 saturated carbocycles. The monoisotopic (exact) mass is 444 g/mol. The van der Waals surface area contributed by atoms with Crippen LogP contribution < -0.4 is 5.19 Å². The minimum Gasteiger partial charge on any atom is -0.0669 e. The Hall–Kier alpha value is -1.93. The van der Waals surface area contributed by atoms with E-state index in [1.807, 2.05) is 36.4 Å². The standard InChI is InChI=1S/C16H14.C12H18Si.Ti/c1-3-9-15(10-4-1)13-7-8-14-16-11-5-2-6-12-16;1-2-8-12(9-3-1)13-10-11-6-4-5-7-11;/h1-14H;1-3,8-9,11H,4-7,10,13H2;. The molecular weight excluding hydrogens is 412 g/mol. The van der Waals surface area contributed by atoms with Gasteiger partial charge in [-0.2, -0.15) is 0 Å². The van der Waals surface area contributed by atoms with Gasteiger partial charge >= 0.3 is 0 Å². The molecule has 0 amide bonds. The van der Waals surface area contributed by atoms with Crippen LogP contribution in [0.15, 0.2) is 103 Å². The van der Waals surface area contributed by atoms with Gasteiger partial charge in [-0.25, -0.2) is 0 Å². The molecule has 0 N–H and O–H groups in total. The minimum atomic E-state index is 0. The van der Waals surface area contributed by atoms with E-state index in [2.05, 4.69) is 78.9 Å². The number of hydrogen-bond acceptors (Lipinski definition) is 0. The molecule has 4 rings (SSSR count). The summed E-state index contributed by atoms with van der Waals surface area (Å²) in [5, 5.41) is 1.65. The fraction of sp³-hybridized carbons (Fsp3) is 0.214. The Morgan fingerprint density at radius 1 is 0.633 bits per heavy atom. The molecule has 0 radical (unpaired) electrons. The van der Waals surface area contributed by atoms with E-state index in [1.54, 1.807) is 11.2 Å². The van der Waals surface area contributed by atoms with Crippen LogP contribution in [0, 0.1) is 5.92 Å². The third-order valence-corrected chi connectivity index (χ3v) is 7.60. The van der Waals surface area contributed by atoms with Crippen molar-refractivity contribution >= 4 is 26.9 Å². The number of benzene rings is 3. The molecule has 152 valence electrons. The second-order valence-electron chi connectivity index (χ2n) is 7.71. The Morgan fingerprint density at radius 3 is 1.53 bits per heavy atom. The molecule has 0 saturated heterocycles. The van der Waals surface area contributed by atoms with Crippen molar-refractivity contribution in [2.75, 3.05) is 0 Å². The quantitative estimate of drug-likeness (QED) is 0.301. The fourth-order valence-corrected chi connectivity index (χ4v) is 5.70. The maximum atomic E-state index is 2.31. The van der Waals surface area contributed by atoms with Crippen LogP contribution in [0.2, 0.25) is 6.04 Å². The van der Waals surface area contributed by atoms with Gasteiger partial charge in [-0.15, -0.1) is 0 Å². The van der Waals surface area contributed by atoms with Gasteiger partial charge in [0, 0.05) is 21.7 Å². The van der Waals surface area contributed by atoms with Gasteiger partial charge in [0.15, 0.2) is 0 Å².